The molecular formula is C18H15Cl2N5O2. The van der Waals surface area contributed by atoms with Gasteiger partial charge in [0.1, 0.15) is 18.2 Å². The molecule has 1 aromatic carbocycles. The van der Waals surface area contributed by atoms with Crippen LogP contribution in [0.3, 0.4) is 0 Å². The van der Waals surface area contributed by atoms with Crippen molar-refractivity contribution in [1.82, 2.24) is 15.0 Å². The van der Waals surface area contributed by atoms with Crippen LogP contribution in [0.5, 0.6) is 0 Å². The van der Waals surface area contributed by atoms with Crippen LogP contribution in [0.1, 0.15) is 21.9 Å². The van der Waals surface area contributed by atoms with E-state index in [0.29, 0.717) is 28.8 Å². The molecule has 0 aliphatic rings. The van der Waals surface area contributed by atoms with Crippen molar-refractivity contribution in [2.75, 3.05) is 10.6 Å². The number of aryl methyl sites for hydroxylation is 1. The molecule has 3 rings (SSSR count). The fourth-order valence-corrected chi connectivity index (χ4v) is 2.95. The average Bonchev–Trinajstić information content (AvgIpc) is 2.61. The first-order valence-corrected chi connectivity index (χ1v) is 8.65. The molecular weight excluding hydrogens is 389 g/mol. The van der Waals surface area contributed by atoms with E-state index in [2.05, 4.69) is 25.6 Å². The zero-order valence-corrected chi connectivity index (χ0v) is 15.7. The summed E-state index contributed by atoms with van der Waals surface area (Å²) < 4.78 is 0. The summed E-state index contributed by atoms with van der Waals surface area (Å²) in [4.78, 5) is 25.0. The lowest BCUT2D eigenvalue weighted by molar-refractivity contribution is 0.102. The Morgan fingerprint density at radius 2 is 1.85 bits per heavy atom. The van der Waals surface area contributed by atoms with Crippen LogP contribution in [-0.4, -0.2) is 26.0 Å². The van der Waals surface area contributed by atoms with E-state index in [-0.39, 0.29) is 22.2 Å². The maximum absolute atomic E-state index is 12.5. The van der Waals surface area contributed by atoms with Gasteiger partial charge in [0.25, 0.3) is 5.91 Å². The van der Waals surface area contributed by atoms with Crippen molar-refractivity contribution in [2.45, 2.75) is 13.5 Å². The summed E-state index contributed by atoms with van der Waals surface area (Å²) in [5, 5.41) is 15.5. The van der Waals surface area contributed by atoms with Gasteiger partial charge in [0.2, 0.25) is 0 Å². The fourth-order valence-electron chi connectivity index (χ4n) is 2.38. The van der Waals surface area contributed by atoms with Gasteiger partial charge in [-0.15, -0.1) is 0 Å². The van der Waals surface area contributed by atoms with Crippen molar-refractivity contribution in [1.29, 1.82) is 0 Å². The van der Waals surface area contributed by atoms with Gasteiger partial charge in [-0.25, -0.2) is 15.0 Å². The molecule has 0 saturated heterocycles. The van der Waals surface area contributed by atoms with Gasteiger partial charge in [0.15, 0.2) is 5.82 Å². The monoisotopic (exact) mass is 403 g/mol. The van der Waals surface area contributed by atoms with E-state index in [1.165, 1.54) is 6.20 Å². The van der Waals surface area contributed by atoms with Crippen molar-refractivity contribution in [3.8, 4) is 0 Å². The van der Waals surface area contributed by atoms with E-state index >= 15 is 0 Å². The number of carbonyl (C=O) groups is 1. The van der Waals surface area contributed by atoms with E-state index in [4.69, 9.17) is 23.2 Å². The predicted molar refractivity (Wildman–Crippen MR) is 105 cm³/mol. The summed E-state index contributed by atoms with van der Waals surface area (Å²) in [7, 11) is 0. The smallest absolute Gasteiger partial charge is 0.258 e. The number of nitrogens with one attached hydrogen (secondary N) is 2. The molecule has 1 amide bonds. The number of carbonyl (C=O) groups excluding carboxylic acids is 1. The second-order valence-electron chi connectivity index (χ2n) is 5.57. The van der Waals surface area contributed by atoms with E-state index in [9.17, 15) is 9.90 Å². The maximum Gasteiger partial charge on any atom is 0.258 e. The lowest BCUT2D eigenvalue weighted by Gasteiger charge is -2.10. The highest BCUT2D eigenvalue weighted by Gasteiger charge is 2.15. The Hall–Kier alpha value is -2.74. The van der Waals surface area contributed by atoms with Crippen molar-refractivity contribution < 1.29 is 9.90 Å². The number of aromatic nitrogens is 3. The van der Waals surface area contributed by atoms with Crippen molar-refractivity contribution >= 4 is 46.4 Å². The number of hydrogen-bond acceptors (Lipinski definition) is 6. The van der Waals surface area contributed by atoms with Crippen LogP contribution in [0.4, 0.5) is 17.3 Å². The van der Waals surface area contributed by atoms with Gasteiger partial charge >= 0.3 is 0 Å². The van der Waals surface area contributed by atoms with Crippen LogP contribution >= 0.6 is 23.2 Å². The molecule has 0 aliphatic carbocycles. The number of anilines is 3. The first-order valence-electron chi connectivity index (χ1n) is 7.90. The zero-order chi connectivity index (χ0) is 19.4. The third-order valence-corrected chi connectivity index (χ3v) is 4.14. The molecule has 0 spiro atoms. The summed E-state index contributed by atoms with van der Waals surface area (Å²) in [6, 6.07) is 9.85. The zero-order valence-electron chi connectivity index (χ0n) is 14.2. The topological polar surface area (TPSA) is 100 Å². The van der Waals surface area contributed by atoms with Gasteiger partial charge in [-0.1, -0.05) is 29.3 Å². The second kappa shape index (κ2) is 8.30. The predicted octanol–water partition coefficient (Wildman–Crippen LogP) is 3.98. The third-order valence-electron chi connectivity index (χ3n) is 3.51. The first kappa shape index (κ1) is 19.0. The van der Waals surface area contributed by atoms with Gasteiger partial charge < -0.3 is 15.7 Å². The molecule has 0 atom stereocenters. The Kier molecular flexibility index (Phi) is 5.85. The van der Waals surface area contributed by atoms with Crippen molar-refractivity contribution in [3.63, 3.8) is 0 Å². The van der Waals surface area contributed by atoms with Crippen LogP contribution in [0.15, 0.2) is 42.6 Å². The number of rotatable bonds is 5. The van der Waals surface area contributed by atoms with Crippen LogP contribution in [0.25, 0.3) is 0 Å². The Morgan fingerprint density at radius 1 is 1.11 bits per heavy atom. The van der Waals surface area contributed by atoms with Crippen molar-refractivity contribution in [3.05, 3.63) is 69.7 Å². The molecule has 3 aromatic rings. The fraction of sp³-hybridized carbons (Fsp3) is 0.111. The summed E-state index contributed by atoms with van der Waals surface area (Å²) in [5.41, 5.74) is 1.40. The molecule has 0 saturated carbocycles. The van der Waals surface area contributed by atoms with Gasteiger partial charge in [-0.05, 0) is 25.1 Å². The number of nitrogens with zero attached hydrogens (tertiary/aromatic N) is 3. The minimum Gasteiger partial charge on any atom is -0.388 e. The van der Waals surface area contributed by atoms with Gasteiger partial charge in [0, 0.05) is 29.7 Å². The van der Waals surface area contributed by atoms with Crippen LogP contribution in [0, 0.1) is 6.92 Å². The SMILES string of the molecule is Cc1cc(Nc2cc(NC(=O)c3c(Cl)cccc3Cl)ccn2)nc(CO)n1. The molecule has 2 aromatic heterocycles. The molecule has 3 N–H and O–H groups in total. The lowest BCUT2D eigenvalue weighted by atomic mass is 10.2. The van der Waals surface area contributed by atoms with Gasteiger partial charge in [-0.3, -0.25) is 4.79 Å². The van der Waals surface area contributed by atoms with Crippen LogP contribution in [-0.2, 0) is 6.61 Å². The highest BCUT2D eigenvalue weighted by Crippen LogP contribution is 2.26. The highest BCUT2D eigenvalue weighted by molar-refractivity contribution is 6.40. The lowest BCUT2D eigenvalue weighted by Crippen LogP contribution is -2.13. The summed E-state index contributed by atoms with van der Waals surface area (Å²) in [6.45, 7) is 1.53. The van der Waals surface area contributed by atoms with Gasteiger partial charge in [-0.2, -0.15) is 0 Å². The average molecular weight is 404 g/mol. The number of halogens is 2. The number of aliphatic hydroxyl groups excluding tert-OH is 1. The standard InChI is InChI=1S/C18H15Cl2N5O2/c1-10-7-15(25-16(9-26)22-10)24-14-8-11(5-6-21-14)23-18(27)17-12(19)3-2-4-13(17)20/h2-8,26H,9H2,1H3,(H2,21,22,23,24,25,27). The largest absolute Gasteiger partial charge is 0.388 e. The van der Waals surface area contributed by atoms with Crippen LogP contribution < -0.4 is 10.6 Å². The summed E-state index contributed by atoms with van der Waals surface area (Å²) in [6.07, 6.45) is 1.53. The minimum atomic E-state index is -0.428. The molecule has 0 aliphatic heterocycles. The third kappa shape index (κ3) is 4.71. The normalized spacial score (nSPS) is 10.5. The van der Waals surface area contributed by atoms with Crippen LogP contribution in [0.2, 0.25) is 10.0 Å². The molecule has 0 fully saturated rings. The Bertz CT molecular complexity index is 977. The van der Waals surface area contributed by atoms with Gasteiger partial charge in [0.05, 0.1) is 15.6 Å². The Balaban J connectivity index is 1.80. The van der Waals surface area contributed by atoms with E-state index in [1.807, 2.05) is 0 Å². The molecule has 27 heavy (non-hydrogen) atoms. The Morgan fingerprint density at radius 3 is 2.56 bits per heavy atom. The number of hydrogen-bond donors (Lipinski definition) is 3. The number of pyridine rings is 1. The van der Waals surface area contributed by atoms with Crippen molar-refractivity contribution in [2.24, 2.45) is 0 Å². The molecule has 2 heterocycles. The number of benzene rings is 1. The molecule has 138 valence electrons. The maximum atomic E-state index is 12.5. The summed E-state index contributed by atoms with van der Waals surface area (Å²) in [5.74, 6) is 0.815. The molecule has 7 nitrogen and oxygen atoms in total. The molecule has 0 radical (unpaired) electrons. The Labute approximate surface area is 165 Å². The van der Waals surface area contributed by atoms with E-state index in [0.717, 1.165) is 0 Å². The number of aliphatic hydroxyl groups is 1. The first-order chi connectivity index (χ1) is 13.0. The highest BCUT2D eigenvalue weighted by atomic mass is 35.5. The quantitative estimate of drug-likeness (QED) is 0.595. The second-order valence-corrected chi connectivity index (χ2v) is 6.39. The molecule has 0 bridgehead atoms. The molecule has 0 unspecified atom stereocenters. The van der Waals surface area contributed by atoms with E-state index < -0.39 is 5.91 Å². The summed E-state index contributed by atoms with van der Waals surface area (Å²) >= 11 is 12.1. The molecule has 9 heteroatoms. The number of amides is 1. The van der Waals surface area contributed by atoms with E-state index in [1.54, 1.807) is 43.3 Å². The minimum absolute atomic E-state index is 0.200.